The first-order valence-corrected chi connectivity index (χ1v) is 9.70. The smallest absolute Gasteiger partial charge is 0.407 e. The Morgan fingerprint density at radius 2 is 2.00 bits per heavy atom. The molecule has 0 saturated heterocycles. The zero-order valence-electron chi connectivity index (χ0n) is 16.7. The standard InChI is InChI=1S/C20H19Cl2FN4O3/c1-10-26-18(27-30-10)17-13(6-12(21)7-14(17)22)11-5-15(23)16(24-8-11)9-25-19(28)29-20(2,3)4/h5-8H,9H2,1-4H3,(H,25,28). The molecule has 1 aromatic carbocycles. The third-order valence-electron chi connectivity index (χ3n) is 3.83. The minimum Gasteiger partial charge on any atom is -0.444 e. The Hall–Kier alpha value is -2.71. The zero-order chi connectivity index (χ0) is 22.1. The molecule has 30 heavy (non-hydrogen) atoms. The highest BCUT2D eigenvalue weighted by Gasteiger charge is 2.20. The first kappa shape index (κ1) is 22.0. The van der Waals surface area contributed by atoms with Crippen molar-refractivity contribution in [2.45, 2.75) is 39.8 Å². The Bertz CT molecular complexity index is 1100. The van der Waals surface area contributed by atoms with Crippen molar-refractivity contribution in [2.75, 3.05) is 0 Å². The number of nitrogens with one attached hydrogen (secondary N) is 1. The number of aromatic nitrogens is 3. The van der Waals surface area contributed by atoms with E-state index in [1.165, 1.54) is 18.3 Å². The first-order valence-electron chi connectivity index (χ1n) is 8.95. The monoisotopic (exact) mass is 452 g/mol. The van der Waals surface area contributed by atoms with Gasteiger partial charge >= 0.3 is 6.09 Å². The molecule has 0 atom stereocenters. The molecular formula is C20H19Cl2FN4O3. The molecule has 1 N–H and O–H groups in total. The van der Waals surface area contributed by atoms with Crippen LogP contribution in [0.4, 0.5) is 9.18 Å². The van der Waals surface area contributed by atoms with Crippen LogP contribution in [0.2, 0.25) is 10.0 Å². The number of ether oxygens (including phenoxy) is 1. The summed E-state index contributed by atoms with van der Waals surface area (Å²) < 4.78 is 24.9. The maximum atomic E-state index is 14.7. The first-order chi connectivity index (χ1) is 14.0. The van der Waals surface area contributed by atoms with Crippen LogP contribution < -0.4 is 5.32 Å². The van der Waals surface area contributed by atoms with Crippen molar-refractivity contribution in [3.63, 3.8) is 0 Å². The largest absolute Gasteiger partial charge is 0.444 e. The molecule has 2 heterocycles. The number of rotatable bonds is 4. The number of nitrogens with zero attached hydrogens (tertiary/aromatic N) is 3. The average molecular weight is 453 g/mol. The molecule has 7 nitrogen and oxygen atoms in total. The molecule has 3 aromatic rings. The molecule has 0 aliphatic heterocycles. The van der Waals surface area contributed by atoms with Crippen LogP contribution >= 0.6 is 23.2 Å². The van der Waals surface area contributed by atoms with Crippen LogP contribution in [0.1, 0.15) is 32.4 Å². The van der Waals surface area contributed by atoms with Gasteiger partial charge in [0, 0.05) is 29.3 Å². The molecule has 1 amide bonds. The highest BCUT2D eigenvalue weighted by molar-refractivity contribution is 6.37. The summed E-state index contributed by atoms with van der Waals surface area (Å²) in [5.41, 5.74) is 0.741. The minimum absolute atomic E-state index is 0.0506. The second-order valence-electron chi connectivity index (χ2n) is 7.46. The van der Waals surface area contributed by atoms with E-state index in [4.69, 9.17) is 32.5 Å². The van der Waals surface area contributed by atoms with Gasteiger partial charge in [-0.15, -0.1) is 0 Å². The number of hydrogen-bond donors (Lipinski definition) is 1. The van der Waals surface area contributed by atoms with E-state index in [1.54, 1.807) is 33.8 Å². The number of hydrogen-bond acceptors (Lipinski definition) is 6. The lowest BCUT2D eigenvalue weighted by molar-refractivity contribution is 0.0522. The lowest BCUT2D eigenvalue weighted by atomic mass is 10.00. The number of pyridine rings is 1. The van der Waals surface area contributed by atoms with E-state index in [9.17, 15) is 9.18 Å². The van der Waals surface area contributed by atoms with Crippen molar-refractivity contribution in [2.24, 2.45) is 0 Å². The van der Waals surface area contributed by atoms with E-state index < -0.39 is 17.5 Å². The summed E-state index contributed by atoms with van der Waals surface area (Å²) >= 11 is 12.5. The van der Waals surface area contributed by atoms with Gasteiger partial charge in [-0.25, -0.2) is 9.18 Å². The van der Waals surface area contributed by atoms with Gasteiger partial charge < -0.3 is 14.6 Å². The van der Waals surface area contributed by atoms with Crippen LogP contribution in [0.3, 0.4) is 0 Å². The SMILES string of the molecule is Cc1nc(-c2c(Cl)cc(Cl)cc2-c2cnc(CNC(=O)OC(C)(C)C)c(F)c2)no1. The summed E-state index contributed by atoms with van der Waals surface area (Å²) in [6.45, 7) is 6.72. The fraction of sp³-hybridized carbons (Fsp3) is 0.300. The van der Waals surface area contributed by atoms with E-state index >= 15 is 0 Å². The quantitative estimate of drug-likeness (QED) is 0.555. The minimum atomic E-state index is -0.663. The molecule has 3 rings (SSSR count). The Labute approximate surface area is 182 Å². The molecule has 0 radical (unpaired) electrons. The summed E-state index contributed by atoms with van der Waals surface area (Å²) in [5.74, 6) is -0.00928. The lowest BCUT2D eigenvalue weighted by Gasteiger charge is -2.19. The number of amides is 1. The van der Waals surface area contributed by atoms with Crippen molar-refractivity contribution >= 4 is 29.3 Å². The third kappa shape index (κ3) is 5.25. The van der Waals surface area contributed by atoms with Crippen LogP contribution in [0.15, 0.2) is 28.9 Å². The molecule has 2 aromatic heterocycles. The normalized spacial score (nSPS) is 11.4. The number of alkyl carbamates (subject to hydrolysis) is 1. The highest BCUT2D eigenvalue weighted by atomic mass is 35.5. The van der Waals surface area contributed by atoms with Crippen LogP contribution in [-0.2, 0) is 11.3 Å². The van der Waals surface area contributed by atoms with Crippen LogP contribution in [0.25, 0.3) is 22.5 Å². The Morgan fingerprint density at radius 1 is 1.27 bits per heavy atom. The van der Waals surface area contributed by atoms with Gasteiger partial charge in [-0.05, 0) is 44.5 Å². The van der Waals surface area contributed by atoms with Gasteiger partial charge in [0.05, 0.1) is 17.3 Å². The Morgan fingerprint density at radius 3 is 2.60 bits per heavy atom. The van der Waals surface area contributed by atoms with E-state index in [2.05, 4.69) is 20.4 Å². The highest BCUT2D eigenvalue weighted by Crippen LogP contribution is 2.38. The van der Waals surface area contributed by atoms with Crippen molar-refractivity contribution in [1.29, 1.82) is 0 Å². The summed E-state index contributed by atoms with van der Waals surface area (Å²) in [6, 6.07) is 4.43. The molecule has 0 aliphatic rings. The molecule has 0 aliphatic carbocycles. The fourth-order valence-electron chi connectivity index (χ4n) is 2.64. The lowest BCUT2D eigenvalue weighted by Crippen LogP contribution is -2.32. The zero-order valence-corrected chi connectivity index (χ0v) is 18.2. The number of carbonyl (C=O) groups excluding carboxylic acids is 1. The summed E-state index contributed by atoms with van der Waals surface area (Å²) in [6.07, 6.45) is 0.789. The van der Waals surface area contributed by atoms with Crippen molar-refractivity contribution < 1.29 is 18.4 Å². The maximum Gasteiger partial charge on any atom is 0.407 e. The van der Waals surface area contributed by atoms with E-state index in [0.29, 0.717) is 27.6 Å². The number of benzene rings is 1. The fourth-order valence-corrected chi connectivity index (χ4v) is 3.22. The van der Waals surface area contributed by atoms with Crippen molar-refractivity contribution in [1.82, 2.24) is 20.4 Å². The molecule has 0 spiro atoms. The molecule has 0 fully saturated rings. The van der Waals surface area contributed by atoms with Gasteiger partial charge in [0.15, 0.2) is 0 Å². The number of halogens is 3. The molecular weight excluding hydrogens is 434 g/mol. The van der Waals surface area contributed by atoms with Crippen molar-refractivity contribution in [3.05, 3.63) is 51.8 Å². The predicted molar refractivity (Wildman–Crippen MR) is 111 cm³/mol. The maximum absolute atomic E-state index is 14.7. The Kier molecular flexibility index (Phi) is 6.28. The van der Waals surface area contributed by atoms with Gasteiger partial charge in [0.1, 0.15) is 11.4 Å². The van der Waals surface area contributed by atoms with Gasteiger partial charge in [-0.2, -0.15) is 4.98 Å². The van der Waals surface area contributed by atoms with Crippen LogP contribution in [0.5, 0.6) is 0 Å². The predicted octanol–water partition coefficient (Wildman–Crippen LogP) is 5.58. The second-order valence-corrected chi connectivity index (χ2v) is 8.30. The Balaban J connectivity index is 1.91. The molecule has 0 unspecified atom stereocenters. The number of carbonyl (C=O) groups is 1. The van der Waals surface area contributed by atoms with E-state index in [1.807, 2.05) is 0 Å². The van der Waals surface area contributed by atoms with E-state index in [-0.39, 0.29) is 23.1 Å². The van der Waals surface area contributed by atoms with Gasteiger partial charge in [-0.3, -0.25) is 4.98 Å². The van der Waals surface area contributed by atoms with Gasteiger partial charge in [0.2, 0.25) is 11.7 Å². The van der Waals surface area contributed by atoms with Crippen LogP contribution in [-0.4, -0.2) is 26.8 Å². The molecule has 10 heteroatoms. The summed E-state index contributed by atoms with van der Waals surface area (Å²) in [4.78, 5) is 20.1. The van der Waals surface area contributed by atoms with E-state index in [0.717, 1.165) is 0 Å². The van der Waals surface area contributed by atoms with Gasteiger partial charge in [-0.1, -0.05) is 28.4 Å². The molecule has 0 saturated carbocycles. The van der Waals surface area contributed by atoms with Crippen LogP contribution in [0, 0.1) is 12.7 Å². The molecule has 158 valence electrons. The number of aryl methyl sites for hydroxylation is 1. The van der Waals surface area contributed by atoms with Crippen molar-refractivity contribution in [3.8, 4) is 22.5 Å². The summed E-state index contributed by atoms with van der Waals surface area (Å²) in [5, 5.41) is 7.01. The second kappa shape index (κ2) is 8.57. The average Bonchev–Trinajstić information content (AvgIpc) is 3.04. The molecule has 0 bridgehead atoms. The third-order valence-corrected chi connectivity index (χ3v) is 4.35. The van der Waals surface area contributed by atoms with Gasteiger partial charge in [0.25, 0.3) is 0 Å². The summed E-state index contributed by atoms with van der Waals surface area (Å²) in [7, 11) is 0. The topological polar surface area (TPSA) is 90.1 Å².